The van der Waals surface area contributed by atoms with Crippen LogP contribution in [-0.2, 0) is 13.2 Å². The highest BCUT2D eigenvalue weighted by molar-refractivity contribution is 6.31. The first-order valence-electron chi connectivity index (χ1n) is 7.96. The van der Waals surface area contributed by atoms with E-state index in [4.69, 9.17) is 16.3 Å². The van der Waals surface area contributed by atoms with Gasteiger partial charge in [0.05, 0.1) is 0 Å². The van der Waals surface area contributed by atoms with E-state index in [9.17, 15) is 0 Å². The first kappa shape index (κ1) is 19.8. The van der Waals surface area contributed by atoms with Crippen LogP contribution >= 0.6 is 24.0 Å². The molecule has 0 spiro atoms. The van der Waals surface area contributed by atoms with Gasteiger partial charge in [-0.3, -0.25) is 0 Å². The number of ether oxygens (including phenoxy) is 1. The number of rotatable bonds is 9. The van der Waals surface area contributed by atoms with Crippen LogP contribution in [-0.4, -0.2) is 6.54 Å². The Hall–Kier alpha value is -1.22. The lowest BCUT2D eigenvalue weighted by Crippen LogP contribution is -2.15. The average Bonchev–Trinajstić information content (AvgIpc) is 2.55. The summed E-state index contributed by atoms with van der Waals surface area (Å²) < 4.78 is 5.96. The van der Waals surface area contributed by atoms with Crippen LogP contribution in [0.3, 0.4) is 0 Å². The predicted octanol–water partition coefficient (Wildman–Crippen LogP) is 5.62. The molecule has 0 heterocycles. The lowest BCUT2D eigenvalue weighted by Gasteiger charge is -2.13. The van der Waals surface area contributed by atoms with Gasteiger partial charge in [-0.2, -0.15) is 0 Å². The van der Waals surface area contributed by atoms with E-state index < -0.39 is 0 Å². The van der Waals surface area contributed by atoms with Gasteiger partial charge in [0.1, 0.15) is 12.4 Å². The van der Waals surface area contributed by atoms with Crippen LogP contribution in [0.2, 0.25) is 5.02 Å². The number of halogens is 2. The summed E-state index contributed by atoms with van der Waals surface area (Å²) in [5, 5.41) is 4.23. The fourth-order valence-electron chi connectivity index (χ4n) is 2.28. The maximum atomic E-state index is 6.17. The van der Waals surface area contributed by atoms with Crippen molar-refractivity contribution in [3.05, 3.63) is 64.7 Å². The Labute approximate surface area is 150 Å². The van der Waals surface area contributed by atoms with Crippen LogP contribution in [0.25, 0.3) is 0 Å². The van der Waals surface area contributed by atoms with Crippen molar-refractivity contribution in [3.8, 4) is 5.75 Å². The minimum absolute atomic E-state index is 0. The van der Waals surface area contributed by atoms with Crippen LogP contribution in [0.1, 0.15) is 37.3 Å². The van der Waals surface area contributed by atoms with Gasteiger partial charge < -0.3 is 10.1 Å². The van der Waals surface area contributed by atoms with E-state index in [-0.39, 0.29) is 12.4 Å². The molecule has 0 unspecified atom stereocenters. The molecule has 23 heavy (non-hydrogen) atoms. The van der Waals surface area contributed by atoms with Crippen molar-refractivity contribution in [2.24, 2.45) is 0 Å². The Balaban J connectivity index is 0.00000264. The van der Waals surface area contributed by atoms with E-state index in [0.717, 1.165) is 29.4 Å². The molecule has 2 aromatic carbocycles. The zero-order valence-corrected chi connectivity index (χ0v) is 15.1. The van der Waals surface area contributed by atoms with Gasteiger partial charge in [0.2, 0.25) is 0 Å². The Morgan fingerprint density at radius 3 is 2.39 bits per heavy atom. The summed E-state index contributed by atoms with van der Waals surface area (Å²) in [5.74, 6) is 0.922. The van der Waals surface area contributed by atoms with Crippen LogP contribution in [0.15, 0.2) is 48.5 Å². The van der Waals surface area contributed by atoms with Crippen molar-refractivity contribution < 1.29 is 4.74 Å². The number of hydrogen-bond donors (Lipinski definition) is 1. The minimum atomic E-state index is 0. The van der Waals surface area contributed by atoms with Gasteiger partial charge in [-0.05, 0) is 25.1 Å². The summed E-state index contributed by atoms with van der Waals surface area (Å²) in [4.78, 5) is 0. The molecule has 0 aliphatic carbocycles. The Bertz CT molecular complexity index is 575. The Kier molecular flexibility index (Phi) is 9.77. The summed E-state index contributed by atoms with van der Waals surface area (Å²) in [7, 11) is 0. The number of unbranched alkanes of at least 4 members (excludes halogenated alkanes) is 2. The summed E-state index contributed by atoms with van der Waals surface area (Å²) in [6.45, 7) is 4.60. The average molecular weight is 354 g/mol. The number of nitrogens with one attached hydrogen (secondary N) is 1. The van der Waals surface area contributed by atoms with Crippen LogP contribution in [0.4, 0.5) is 0 Å². The highest BCUT2D eigenvalue weighted by atomic mass is 35.5. The van der Waals surface area contributed by atoms with Crippen LogP contribution < -0.4 is 10.1 Å². The molecule has 4 heteroatoms. The smallest absolute Gasteiger partial charge is 0.124 e. The summed E-state index contributed by atoms with van der Waals surface area (Å²) in [6.07, 6.45) is 3.75. The molecule has 0 saturated heterocycles. The quantitative estimate of drug-likeness (QED) is 0.590. The van der Waals surface area contributed by atoms with Crippen molar-refractivity contribution in [3.63, 3.8) is 0 Å². The predicted molar refractivity (Wildman–Crippen MR) is 101 cm³/mol. The van der Waals surface area contributed by atoms with Crippen molar-refractivity contribution in [2.45, 2.75) is 39.3 Å². The third-order valence-electron chi connectivity index (χ3n) is 3.59. The van der Waals surface area contributed by atoms with E-state index in [1.807, 2.05) is 42.5 Å². The normalized spacial score (nSPS) is 10.2. The molecule has 1 N–H and O–H groups in total. The molecule has 0 atom stereocenters. The zero-order chi connectivity index (χ0) is 15.6. The maximum Gasteiger partial charge on any atom is 0.124 e. The largest absolute Gasteiger partial charge is 0.489 e. The van der Waals surface area contributed by atoms with Crippen molar-refractivity contribution in [2.75, 3.05) is 6.54 Å². The fraction of sp³-hybridized carbons (Fsp3) is 0.368. The minimum Gasteiger partial charge on any atom is -0.489 e. The first-order chi connectivity index (χ1) is 10.8. The molecular formula is C19H25Cl2NO. The van der Waals surface area contributed by atoms with Crippen molar-refractivity contribution in [1.82, 2.24) is 5.32 Å². The van der Waals surface area contributed by atoms with Gasteiger partial charge in [-0.25, -0.2) is 0 Å². The highest BCUT2D eigenvalue weighted by Crippen LogP contribution is 2.21. The molecule has 0 amide bonds. The second kappa shape index (κ2) is 11.3. The molecule has 2 nitrogen and oxygen atoms in total. The van der Waals surface area contributed by atoms with Gasteiger partial charge in [0.25, 0.3) is 0 Å². The third kappa shape index (κ3) is 6.82. The van der Waals surface area contributed by atoms with E-state index in [1.54, 1.807) is 0 Å². The van der Waals surface area contributed by atoms with E-state index >= 15 is 0 Å². The molecule has 0 bridgehead atoms. The van der Waals surface area contributed by atoms with Gasteiger partial charge in [0, 0.05) is 22.7 Å². The molecule has 2 aromatic rings. The topological polar surface area (TPSA) is 21.3 Å². The zero-order valence-electron chi connectivity index (χ0n) is 13.6. The molecular weight excluding hydrogens is 329 g/mol. The second-order valence-corrected chi connectivity index (χ2v) is 5.78. The van der Waals surface area contributed by atoms with E-state index in [0.29, 0.717) is 6.61 Å². The SMILES string of the molecule is CCCCCNCc1ccccc1OCc1ccccc1Cl.Cl. The fourth-order valence-corrected chi connectivity index (χ4v) is 2.47. The molecule has 0 aliphatic rings. The van der Waals surface area contributed by atoms with Gasteiger partial charge in [-0.1, -0.05) is 67.8 Å². The standard InChI is InChI=1S/C19H24ClNO.ClH/c1-2-3-8-13-21-14-16-9-5-7-12-19(16)22-15-17-10-4-6-11-18(17)20;/h4-7,9-12,21H,2-3,8,13-15H2,1H3;1H. The molecule has 126 valence electrons. The number of para-hydroxylation sites is 1. The van der Waals surface area contributed by atoms with Gasteiger partial charge in [-0.15, -0.1) is 12.4 Å². The van der Waals surface area contributed by atoms with E-state index in [1.165, 1.54) is 24.8 Å². The lowest BCUT2D eigenvalue weighted by atomic mass is 10.2. The summed E-state index contributed by atoms with van der Waals surface area (Å²) in [6, 6.07) is 16.0. The van der Waals surface area contributed by atoms with Crippen molar-refractivity contribution in [1.29, 1.82) is 0 Å². The molecule has 0 aliphatic heterocycles. The van der Waals surface area contributed by atoms with Gasteiger partial charge in [0.15, 0.2) is 0 Å². The number of benzene rings is 2. The third-order valence-corrected chi connectivity index (χ3v) is 3.95. The first-order valence-corrected chi connectivity index (χ1v) is 8.34. The Morgan fingerprint density at radius 2 is 1.65 bits per heavy atom. The van der Waals surface area contributed by atoms with E-state index in [2.05, 4.69) is 18.3 Å². The van der Waals surface area contributed by atoms with Crippen LogP contribution in [0, 0.1) is 0 Å². The number of hydrogen-bond acceptors (Lipinski definition) is 2. The molecule has 0 fully saturated rings. The van der Waals surface area contributed by atoms with Gasteiger partial charge >= 0.3 is 0 Å². The summed E-state index contributed by atoms with van der Waals surface area (Å²) in [5.41, 5.74) is 2.20. The lowest BCUT2D eigenvalue weighted by molar-refractivity contribution is 0.302. The second-order valence-electron chi connectivity index (χ2n) is 5.37. The van der Waals surface area contributed by atoms with Crippen LogP contribution in [0.5, 0.6) is 5.75 Å². The Morgan fingerprint density at radius 1 is 0.957 bits per heavy atom. The highest BCUT2D eigenvalue weighted by Gasteiger charge is 2.05. The maximum absolute atomic E-state index is 6.17. The molecule has 0 aromatic heterocycles. The molecule has 0 saturated carbocycles. The molecule has 0 radical (unpaired) electrons. The monoisotopic (exact) mass is 353 g/mol. The van der Waals surface area contributed by atoms with Crippen molar-refractivity contribution >= 4 is 24.0 Å². The molecule has 2 rings (SSSR count). The summed E-state index contributed by atoms with van der Waals surface area (Å²) >= 11 is 6.17.